The van der Waals surface area contributed by atoms with Crippen LogP contribution in [0.3, 0.4) is 0 Å². The van der Waals surface area contributed by atoms with E-state index in [9.17, 15) is 4.79 Å². The van der Waals surface area contributed by atoms with Crippen LogP contribution in [0, 0.1) is 5.41 Å². The van der Waals surface area contributed by atoms with Crippen LogP contribution in [-0.4, -0.2) is 35.6 Å². The Morgan fingerprint density at radius 3 is 2.72 bits per heavy atom. The van der Waals surface area contributed by atoms with Crippen molar-refractivity contribution in [2.75, 3.05) is 0 Å². The van der Waals surface area contributed by atoms with Crippen molar-refractivity contribution < 1.29 is 4.79 Å². The summed E-state index contributed by atoms with van der Waals surface area (Å²) >= 11 is 5.89. The summed E-state index contributed by atoms with van der Waals surface area (Å²) in [6, 6.07) is -0.509. The standard InChI is InChI=1S/C10H13ClN6O/c1-10(2,3)4-7-14-8(11)17(15-7)9(18)16-6-12-5-13-16/h5-6H,4H2,1-3H3. The first-order valence-corrected chi connectivity index (χ1v) is 5.75. The van der Waals surface area contributed by atoms with Gasteiger partial charge in [-0.1, -0.05) is 20.8 Å². The van der Waals surface area contributed by atoms with Gasteiger partial charge in [-0.2, -0.15) is 9.78 Å². The highest BCUT2D eigenvalue weighted by atomic mass is 35.5. The Morgan fingerprint density at radius 2 is 2.17 bits per heavy atom. The predicted molar refractivity (Wildman–Crippen MR) is 64.4 cm³/mol. The number of aromatic nitrogens is 6. The number of hydrogen-bond acceptors (Lipinski definition) is 5. The molecule has 0 fully saturated rings. The molecule has 0 aliphatic rings. The monoisotopic (exact) mass is 268 g/mol. The smallest absolute Gasteiger partial charge is 0.243 e. The van der Waals surface area contributed by atoms with E-state index in [2.05, 4.69) is 40.9 Å². The Hall–Kier alpha value is -1.76. The van der Waals surface area contributed by atoms with Gasteiger partial charge in [0.05, 0.1) is 0 Å². The first-order chi connectivity index (χ1) is 8.37. The van der Waals surface area contributed by atoms with E-state index in [0.29, 0.717) is 12.2 Å². The average molecular weight is 269 g/mol. The second kappa shape index (κ2) is 4.49. The highest BCUT2D eigenvalue weighted by Gasteiger charge is 2.20. The van der Waals surface area contributed by atoms with Gasteiger partial charge in [-0.15, -0.1) is 9.78 Å². The molecule has 0 saturated carbocycles. The molecule has 0 aliphatic carbocycles. The molecule has 18 heavy (non-hydrogen) atoms. The van der Waals surface area contributed by atoms with Crippen LogP contribution in [0.15, 0.2) is 12.7 Å². The van der Waals surface area contributed by atoms with Gasteiger partial charge >= 0.3 is 6.03 Å². The van der Waals surface area contributed by atoms with Crippen molar-refractivity contribution in [2.45, 2.75) is 27.2 Å². The molecular formula is C10H13ClN6O. The summed E-state index contributed by atoms with van der Waals surface area (Å²) in [5, 5.41) is 7.84. The molecule has 0 amide bonds. The molecule has 0 aromatic carbocycles. The molecular weight excluding hydrogens is 256 g/mol. The van der Waals surface area contributed by atoms with Crippen LogP contribution in [0.25, 0.3) is 0 Å². The molecule has 8 heteroatoms. The number of hydrogen-bond donors (Lipinski definition) is 0. The number of nitrogens with zero attached hydrogens (tertiary/aromatic N) is 6. The van der Waals surface area contributed by atoms with Crippen LogP contribution in [0.4, 0.5) is 4.79 Å². The third kappa shape index (κ3) is 2.73. The molecule has 96 valence electrons. The van der Waals surface area contributed by atoms with Gasteiger partial charge in [0, 0.05) is 6.42 Å². The maximum absolute atomic E-state index is 11.9. The molecule has 0 bridgehead atoms. The van der Waals surface area contributed by atoms with Crippen LogP contribution in [-0.2, 0) is 6.42 Å². The largest absolute Gasteiger partial charge is 0.373 e. The minimum atomic E-state index is -0.509. The molecule has 0 spiro atoms. The summed E-state index contributed by atoms with van der Waals surface area (Å²) in [5.74, 6) is 0.529. The van der Waals surface area contributed by atoms with Crippen LogP contribution in [0.5, 0.6) is 0 Å². The molecule has 2 aromatic rings. The van der Waals surface area contributed by atoms with Gasteiger partial charge in [0.1, 0.15) is 12.7 Å². The van der Waals surface area contributed by atoms with E-state index < -0.39 is 6.03 Å². The highest BCUT2D eigenvalue weighted by Crippen LogP contribution is 2.19. The van der Waals surface area contributed by atoms with Gasteiger partial charge in [-0.3, -0.25) is 0 Å². The fraction of sp³-hybridized carbons (Fsp3) is 0.500. The fourth-order valence-electron chi connectivity index (χ4n) is 1.41. The lowest BCUT2D eigenvalue weighted by atomic mass is 9.92. The summed E-state index contributed by atoms with van der Waals surface area (Å²) < 4.78 is 2.05. The lowest BCUT2D eigenvalue weighted by molar-refractivity contribution is 0.238. The molecule has 0 aliphatic heterocycles. The maximum Gasteiger partial charge on any atom is 0.373 e. The van der Waals surface area contributed by atoms with Crippen LogP contribution < -0.4 is 0 Å². The SMILES string of the molecule is CC(C)(C)Cc1nc(Cl)n(C(=O)n2cncn2)n1. The van der Waals surface area contributed by atoms with Gasteiger partial charge in [-0.05, 0) is 17.0 Å². The number of carbonyl (C=O) groups is 1. The third-order valence-corrected chi connectivity index (χ3v) is 2.34. The van der Waals surface area contributed by atoms with Crippen LogP contribution in [0.1, 0.15) is 26.6 Å². The lowest BCUT2D eigenvalue weighted by Gasteiger charge is -2.14. The molecule has 0 unspecified atom stereocenters. The van der Waals surface area contributed by atoms with Crippen molar-refractivity contribution in [1.82, 2.24) is 29.5 Å². The third-order valence-electron chi connectivity index (χ3n) is 2.10. The summed E-state index contributed by atoms with van der Waals surface area (Å²) in [4.78, 5) is 19.7. The van der Waals surface area contributed by atoms with E-state index in [0.717, 1.165) is 9.36 Å². The zero-order chi connectivity index (χ0) is 13.3. The van der Waals surface area contributed by atoms with Crippen molar-refractivity contribution in [1.29, 1.82) is 0 Å². The lowest BCUT2D eigenvalue weighted by Crippen LogP contribution is -2.21. The topological polar surface area (TPSA) is 78.5 Å². The predicted octanol–water partition coefficient (Wildman–Crippen LogP) is 1.63. The quantitative estimate of drug-likeness (QED) is 0.785. The average Bonchev–Trinajstić information content (AvgIpc) is 2.84. The van der Waals surface area contributed by atoms with Gasteiger partial charge in [-0.25, -0.2) is 14.8 Å². The summed E-state index contributed by atoms with van der Waals surface area (Å²) in [6.45, 7) is 6.17. The van der Waals surface area contributed by atoms with E-state index in [1.165, 1.54) is 12.7 Å². The molecule has 0 atom stereocenters. The van der Waals surface area contributed by atoms with E-state index in [1.807, 2.05) is 0 Å². The van der Waals surface area contributed by atoms with Crippen molar-refractivity contribution in [3.63, 3.8) is 0 Å². The summed E-state index contributed by atoms with van der Waals surface area (Å²) in [6.07, 6.45) is 3.17. The second-order valence-corrected chi connectivity index (χ2v) is 5.41. The van der Waals surface area contributed by atoms with Crippen LogP contribution >= 0.6 is 11.6 Å². The number of carbonyl (C=O) groups excluding carboxylic acids is 1. The zero-order valence-electron chi connectivity index (χ0n) is 10.3. The maximum atomic E-state index is 11.9. The van der Waals surface area contributed by atoms with Gasteiger partial charge < -0.3 is 0 Å². The van der Waals surface area contributed by atoms with Gasteiger partial charge in [0.2, 0.25) is 5.28 Å². The van der Waals surface area contributed by atoms with Crippen molar-refractivity contribution in [2.24, 2.45) is 5.41 Å². The van der Waals surface area contributed by atoms with E-state index >= 15 is 0 Å². The molecule has 2 rings (SSSR count). The molecule has 0 radical (unpaired) electrons. The minimum absolute atomic E-state index is 0.0197. The van der Waals surface area contributed by atoms with Crippen LogP contribution in [0.2, 0.25) is 5.28 Å². The summed E-state index contributed by atoms with van der Waals surface area (Å²) in [7, 11) is 0. The molecule has 7 nitrogen and oxygen atoms in total. The summed E-state index contributed by atoms with van der Waals surface area (Å²) in [5.41, 5.74) is 0.0197. The number of halogens is 1. The van der Waals surface area contributed by atoms with E-state index in [1.54, 1.807) is 0 Å². The van der Waals surface area contributed by atoms with Crippen molar-refractivity contribution in [3.8, 4) is 0 Å². The molecule has 0 saturated heterocycles. The Morgan fingerprint density at radius 1 is 1.44 bits per heavy atom. The minimum Gasteiger partial charge on any atom is -0.243 e. The first-order valence-electron chi connectivity index (χ1n) is 5.37. The Kier molecular flexibility index (Phi) is 3.16. The normalized spacial score (nSPS) is 11.8. The second-order valence-electron chi connectivity index (χ2n) is 5.07. The Balaban J connectivity index is 2.27. The zero-order valence-corrected chi connectivity index (χ0v) is 11.1. The van der Waals surface area contributed by atoms with Crippen molar-refractivity contribution in [3.05, 3.63) is 23.8 Å². The van der Waals surface area contributed by atoms with Crippen molar-refractivity contribution >= 4 is 17.6 Å². The van der Waals surface area contributed by atoms with E-state index in [-0.39, 0.29) is 10.7 Å². The highest BCUT2D eigenvalue weighted by molar-refractivity contribution is 6.29. The molecule has 2 heterocycles. The fourth-order valence-corrected chi connectivity index (χ4v) is 1.62. The molecule has 2 aromatic heterocycles. The van der Waals surface area contributed by atoms with E-state index in [4.69, 9.17) is 11.6 Å². The molecule has 0 N–H and O–H groups in total. The first kappa shape index (κ1) is 12.7. The number of rotatable bonds is 1. The van der Waals surface area contributed by atoms with Gasteiger partial charge in [0.25, 0.3) is 0 Å². The Bertz CT molecular complexity index is 553. The van der Waals surface area contributed by atoms with Gasteiger partial charge in [0.15, 0.2) is 5.82 Å². The Labute approximate surface area is 109 Å².